The van der Waals surface area contributed by atoms with E-state index in [1.807, 2.05) is 0 Å². The molecule has 2 aromatic rings. The first-order valence-corrected chi connectivity index (χ1v) is 6.23. The van der Waals surface area contributed by atoms with Gasteiger partial charge in [-0.3, -0.25) is 9.48 Å². The Morgan fingerprint density at radius 3 is 2.81 bits per heavy atom. The SMILES string of the molecule is COc1cc(/C(C)=N\NC(=O)c2ccnn2C)ccc1O. The highest BCUT2D eigenvalue weighted by Gasteiger charge is 2.09. The highest BCUT2D eigenvalue weighted by molar-refractivity contribution is 6.00. The molecule has 1 aromatic carbocycles. The van der Waals surface area contributed by atoms with E-state index in [4.69, 9.17) is 4.74 Å². The summed E-state index contributed by atoms with van der Waals surface area (Å²) in [5.74, 6) is 0.0491. The molecular formula is C14H16N4O3. The minimum absolute atomic E-state index is 0.0490. The molecule has 7 nitrogen and oxygen atoms in total. The van der Waals surface area contributed by atoms with Crippen molar-refractivity contribution in [2.24, 2.45) is 12.1 Å². The quantitative estimate of drug-likeness (QED) is 0.655. The Balaban J connectivity index is 2.14. The van der Waals surface area contributed by atoms with Gasteiger partial charge in [-0.15, -0.1) is 0 Å². The van der Waals surface area contributed by atoms with Crippen molar-refractivity contribution in [1.29, 1.82) is 0 Å². The van der Waals surface area contributed by atoms with E-state index < -0.39 is 0 Å². The summed E-state index contributed by atoms with van der Waals surface area (Å²) in [6.07, 6.45) is 1.54. The zero-order chi connectivity index (χ0) is 15.4. The van der Waals surface area contributed by atoms with Crippen LogP contribution in [0.2, 0.25) is 0 Å². The standard InChI is InChI=1S/C14H16N4O3/c1-9(10-4-5-12(19)13(8-10)21-3)16-17-14(20)11-6-7-15-18(11)2/h4-8,19H,1-3H3,(H,17,20)/b16-9-. The van der Waals surface area contributed by atoms with E-state index in [-0.39, 0.29) is 11.7 Å². The van der Waals surface area contributed by atoms with Crippen LogP contribution in [0.4, 0.5) is 0 Å². The third-order valence-electron chi connectivity index (χ3n) is 2.98. The summed E-state index contributed by atoms with van der Waals surface area (Å²) < 4.78 is 6.49. The van der Waals surface area contributed by atoms with Gasteiger partial charge in [-0.2, -0.15) is 10.2 Å². The first-order chi connectivity index (χ1) is 10.0. The Labute approximate surface area is 121 Å². The number of ether oxygens (including phenoxy) is 1. The number of nitrogens with one attached hydrogen (secondary N) is 1. The molecule has 0 bridgehead atoms. The van der Waals surface area contributed by atoms with E-state index in [0.29, 0.717) is 17.2 Å². The molecule has 0 saturated carbocycles. The van der Waals surface area contributed by atoms with E-state index in [9.17, 15) is 9.90 Å². The van der Waals surface area contributed by atoms with Gasteiger partial charge in [0.2, 0.25) is 0 Å². The molecule has 7 heteroatoms. The number of aryl methyl sites for hydroxylation is 1. The second-order valence-corrected chi connectivity index (χ2v) is 4.36. The lowest BCUT2D eigenvalue weighted by Crippen LogP contribution is -2.22. The molecule has 110 valence electrons. The molecule has 2 rings (SSSR count). The molecule has 0 saturated heterocycles. The van der Waals surface area contributed by atoms with Crippen LogP contribution in [0.1, 0.15) is 23.0 Å². The van der Waals surface area contributed by atoms with Gasteiger partial charge in [0.25, 0.3) is 5.91 Å². The predicted octanol–water partition coefficient (Wildman–Crippen LogP) is 1.29. The first kappa shape index (κ1) is 14.6. The number of methoxy groups -OCH3 is 1. The van der Waals surface area contributed by atoms with Gasteiger partial charge in [-0.05, 0) is 31.2 Å². The topological polar surface area (TPSA) is 88.7 Å². The molecule has 0 aliphatic heterocycles. The fourth-order valence-corrected chi connectivity index (χ4v) is 1.76. The van der Waals surface area contributed by atoms with Crippen molar-refractivity contribution >= 4 is 11.6 Å². The molecule has 1 amide bonds. The Kier molecular flexibility index (Phi) is 4.22. The van der Waals surface area contributed by atoms with Gasteiger partial charge in [0.1, 0.15) is 5.69 Å². The molecule has 0 aliphatic rings. The van der Waals surface area contributed by atoms with Crippen molar-refractivity contribution in [3.05, 3.63) is 41.7 Å². The number of hydrogen-bond acceptors (Lipinski definition) is 5. The fraction of sp³-hybridized carbons (Fsp3) is 0.214. The van der Waals surface area contributed by atoms with Crippen LogP contribution in [0, 0.1) is 0 Å². The lowest BCUT2D eigenvalue weighted by Gasteiger charge is -2.07. The minimum atomic E-state index is -0.347. The second kappa shape index (κ2) is 6.08. The number of carbonyl (C=O) groups excluding carboxylic acids is 1. The molecule has 0 atom stereocenters. The van der Waals surface area contributed by atoms with Gasteiger partial charge in [-0.25, -0.2) is 5.43 Å². The van der Waals surface area contributed by atoms with Crippen LogP contribution in [0.3, 0.4) is 0 Å². The van der Waals surface area contributed by atoms with Crippen molar-refractivity contribution in [1.82, 2.24) is 15.2 Å². The summed E-state index contributed by atoms with van der Waals surface area (Å²) in [6, 6.07) is 6.44. The highest BCUT2D eigenvalue weighted by atomic mass is 16.5. The number of phenolic OH excluding ortho intramolecular Hbond substituents is 1. The molecule has 1 aromatic heterocycles. The van der Waals surface area contributed by atoms with Crippen LogP contribution in [0.5, 0.6) is 11.5 Å². The average Bonchev–Trinajstić information content (AvgIpc) is 2.91. The van der Waals surface area contributed by atoms with E-state index in [0.717, 1.165) is 5.56 Å². The third-order valence-corrected chi connectivity index (χ3v) is 2.98. The number of rotatable bonds is 4. The summed E-state index contributed by atoms with van der Waals surface area (Å²) in [5, 5.41) is 17.5. The van der Waals surface area contributed by atoms with Crippen LogP contribution in [-0.4, -0.2) is 33.6 Å². The van der Waals surface area contributed by atoms with Gasteiger partial charge >= 0.3 is 0 Å². The molecule has 1 heterocycles. The van der Waals surface area contributed by atoms with Crippen molar-refractivity contribution in [2.75, 3.05) is 7.11 Å². The number of carbonyl (C=O) groups is 1. The minimum Gasteiger partial charge on any atom is -0.504 e. The Bertz CT molecular complexity index is 691. The van der Waals surface area contributed by atoms with Crippen LogP contribution in [0.25, 0.3) is 0 Å². The molecule has 0 spiro atoms. The van der Waals surface area contributed by atoms with Gasteiger partial charge in [-0.1, -0.05) is 0 Å². The molecule has 2 N–H and O–H groups in total. The largest absolute Gasteiger partial charge is 0.504 e. The van der Waals surface area contributed by atoms with Gasteiger partial charge in [0.15, 0.2) is 11.5 Å². The molecule has 21 heavy (non-hydrogen) atoms. The number of amides is 1. The maximum absolute atomic E-state index is 11.9. The van der Waals surface area contributed by atoms with E-state index in [2.05, 4.69) is 15.6 Å². The maximum Gasteiger partial charge on any atom is 0.289 e. The zero-order valence-corrected chi connectivity index (χ0v) is 12.0. The highest BCUT2D eigenvalue weighted by Crippen LogP contribution is 2.26. The number of hydrazone groups is 1. The van der Waals surface area contributed by atoms with Crippen molar-refractivity contribution < 1.29 is 14.6 Å². The Morgan fingerprint density at radius 2 is 2.19 bits per heavy atom. The van der Waals surface area contributed by atoms with E-state index >= 15 is 0 Å². The predicted molar refractivity (Wildman–Crippen MR) is 77.5 cm³/mol. The molecule has 0 unspecified atom stereocenters. The van der Waals surface area contributed by atoms with E-state index in [1.54, 1.807) is 32.2 Å². The Hall–Kier alpha value is -2.83. The summed E-state index contributed by atoms with van der Waals surface area (Å²) in [5.41, 5.74) is 4.19. The number of aromatic nitrogens is 2. The zero-order valence-electron chi connectivity index (χ0n) is 12.0. The first-order valence-electron chi connectivity index (χ1n) is 6.23. The number of hydrogen-bond donors (Lipinski definition) is 2. The number of benzene rings is 1. The van der Waals surface area contributed by atoms with Crippen LogP contribution < -0.4 is 10.2 Å². The normalized spacial score (nSPS) is 11.3. The summed E-state index contributed by atoms with van der Waals surface area (Å²) in [7, 11) is 3.14. The maximum atomic E-state index is 11.9. The number of aromatic hydroxyl groups is 1. The molecule has 0 aliphatic carbocycles. The summed E-state index contributed by atoms with van der Waals surface area (Å²) in [6.45, 7) is 1.75. The van der Waals surface area contributed by atoms with Gasteiger partial charge < -0.3 is 9.84 Å². The van der Waals surface area contributed by atoms with Crippen LogP contribution in [-0.2, 0) is 7.05 Å². The number of phenols is 1. The van der Waals surface area contributed by atoms with Crippen molar-refractivity contribution in [3.63, 3.8) is 0 Å². The van der Waals surface area contributed by atoms with E-state index in [1.165, 1.54) is 24.1 Å². The number of nitrogens with zero attached hydrogens (tertiary/aromatic N) is 3. The lowest BCUT2D eigenvalue weighted by molar-refractivity contribution is 0.0945. The Morgan fingerprint density at radius 1 is 1.43 bits per heavy atom. The summed E-state index contributed by atoms with van der Waals surface area (Å²) >= 11 is 0. The van der Waals surface area contributed by atoms with Gasteiger partial charge in [0, 0.05) is 18.8 Å². The van der Waals surface area contributed by atoms with Crippen molar-refractivity contribution in [2.45, 2.75) is 6.92 Å². The van der Waals surface area contributed by atoms with Gasteiger partial charge in [0.05, 0.1) is 12.8 Å². The molecular weight excluding hydrogens is 272 g/mol. The smallest absolute Gasteiger partial charge is 0.289 e. The summed E-state index contributed by atoms with van der Waals surface area (Å²) in [4.78, 5) is 11.9. The molecule has 0 fully saturated rings. The molecule has 0 radical (unpaired) electrons. The lowest BCUT2D eigenvalue weighted by atomic mass is 10.1. The van der Waals surface area contributed by atoms with Crippen LogP contribution >= 0.6 is 0 Å². The average molecular weight is 288 g/mol. The van der Waals surface area contributed by atoms with Crippen molar-refractivity contribution in [3.8, 4) is 11.5 Å². The third kappa shape index (κ3) is 3.19. The fourth-order valence-electron chi connectivity index (χ4n) is 1.76. The second-order valence-electron chi connectivity index (χ2n) is 4.36. The van der Waals surface area contributed by atoms with Crippen LogP contribution in [0.15, 0.2) is 35.6 Å². The monoisotopic (exact) mass is 288 g/mol.